The molecule has 0 spiro atoms. The number of anilines is 1. The fraction of sp³-hybridized carbons (Fsp3) is 0.235. The molecule has 1 aromatic carbocycles. The van der Waals surface area contributed by atoms with Crippen molar-refractivity contribution >= 4 is 35.1 Å². The van der Waals surface area contributed by atoms with Crippen molar-refractivity contribution in [2.45, 2.75) is 25.2 Å². The molecular weight excluding hydrogens is 429 g/mol. The van der Waals surface area contributed by atoms with Crippen LogP contribution in [0.15, 0.2) is 35.6 Å². The number of alkyl halides is 3. The third kappa shape index (κ3) is 5.04. The van der Waals surface area contributed by atoms with Crippen molar-refractivity contribution in [2.24, 2.45) is 0 Å². The average molecular weight is 443 g/mol. The first-order chi connectivity index (χ1) is 13.6. The molecule has 0 atom stereocenters. The van der Waals surface area contributed by atoms with Gasteiger partial charge in [-0.1, -0.05) is 41.1 Å². The predicted molar refractivity (Wildman–Crippen MR) is 102 cm³/mol. The van der Waals surface area contributed by atoms with E-state index >= 15 is 0 Å². The molecule has 29 heavy (non-hydrogen) atoms. The van der Waals surface area contributed by atoms with Crippen LogP contribution in [0.3, 0.4) is 0 Å². The Balaban J connectivity index is 1.67. The molecule has 3 aromatic rings. The molecule has 1 N–H and O–H groups in total. The Hall–Kier alpha value is -2.66. The molecule has 1 amide bonds. The van der Waals surface area contributed by atoms with Crippen molar-refractivity contribution in [1.82, 2.24) is 25.2 Å². The van der Waals surface area contributed by atoms with Gasteiger partial charge in [0.25, 0.3) is 0 Å². The molecular formula is C17H14ClF3N6OS. The SMILES string of the molecule is Cc1ccc(-n2nnnc2SCC(=O)Nc2ncc(C(F)(F)F)cc2Cl)c(C)c1. The van der Waals surface area contributed by atoms with E-state index in [1.807, 2.05) is 32.0 Å². The minimum atomic E-state index is -4.57. The number of pyridine rings is 1. The second-order valence-corrected chi connectivity index (χ2v) is 7.40. The largest absolute Gasteiger partial charge is 0.417 e. The van der Waals surface area contributed by atoms with E-state index in [0.717, 1.165) is 28.6 Å². The molecule has 0 aliphatic carbocycles. The Morgan fingerprint density at radius 1 is 1.28 bits per heavy atom. The molecule has 2 heterocycles. The van der Waals surface area contributed by atoms with Gasteiger partial charge in [0, 0.05) is 6.20 Å². The van der Waals surface area contributed by atoms with E-state index in [-0.39, 0.29) is 16.6 Å². The third-order valence-electron chi connectivity index (χ3n) is 3.78. The molecule has 7 nitrogen and oxygen atoms in total. The number of nitrogens with one attached hydrogen (secondary N) is 1. The highest BCUT2D eigenvalue weighted by atomic mass is 35.5. The van der Waals surface area contributed by atoms with Gasteiger partial charge in [-0.05, 0) is 42.0 Å². The number of hydrogen-bond acceptors (Lipinski definition) is 6. The van der Waals surface area contributed by atoms with Gasteiger partial charge in [-0.25, -0.2) is 4.98 Å². The van der Waals surface area contributed by atoms with Crippen LogP contribution in [0.1, 0.15) is 16.7 Å². The number of hydrogen-bond donors (Lipinski definition) is 1. The van der Waals surface area contributed by atoms with Gasteiger partial charge >= 0.3 is 6.18 Å². The monoisotopic (exact) mass is 442 g/mol. The molecule has 0 fully saturated rings. The molecule has 0 unspecified atom stereocenters. The summed E-state index contributed by atoms with van der Waals surface area (Å²) in [5, 5.41) is 14.0. The van der Waals surface area contributed by atoms with Crippen LogP contribution in [0.25, 0.3) is 5.69 Å². The number of amides is 1. The third-order valence-corrected chi connectivity index (χ3v) is 4.99. The van der Waals surface area contributed by atoms with Crippen LogP contribution in [0.5, 0.6) is 0 Å². The summed E-state index contributed by atoms with van der Waals surface area (Å²) >= 11 is 6.86. The highest BCUT2D eigenvalue weighted by Gasteiger charge is 2.31. The van der Waals surface area contributed by atoms with Crippen molar-refractivity contribution in [2.75, 3.05) is 11.1 Å². The lowest BCUT2D eigenvalue weighted by Crippen LogP contribution is -2.16. The summed E-state index contributed by atoms with van der Waals surface area (Å²) in [5.74, 6) is -0.761. The number of rotatable bonds is 5. The summed E-state index contributed by atoms with van der Waals surface area (Å²) in [5.41, 5.74) is 1.83. The number of thioether (sulfide) groups is 1. The number of carbonyl (C=O) groups excluding carboxylic acids is 1. The second kappa shape index (κ2) is 8.37. The normalized spacial score (nSPS) is 11.5. The lowest BCUT2D eigenvalue weighted by molar-refractivity contribution is -0.137. The van der Waals surface area contributed by atoms with Crippen LogP contribution in [0, 0.1) is 13.8 Å². The van der Waals surface area contributed by atoms with Crippen molar-refractivity contribution in [3.63, 3.8) is 0 Å². The molecule has 152 valence electrons. The van der Waals surface area contributed by atoms with Crippen LogP contribution in [-0.2, 0) is 11.0 Å². The van der Waals surface area contributed by atoms with Crippen molar-refractivity contribution in [3.05, 3.63) is 52.2 Å². The Labute approximate surface area is 172 Å². The Morgan fingerprint density at radius 2 is 2.03 bits per heavy atom. The average Bonchev–Trinajstić information content (AvgIpc) is 3.09. The standard InChI is InChI=1S/C17H14ClF3N6OS/c1-9-3-4-13(10(2)5-9)27-16(24-25-26-27)29-8-14(28)23-15-12(18)6-11(7-22-15)17(19,20)21/h3-7H,8H2,1-2H3,(H,22,23,28). The van der Waals surface area contributed by atoms with Crippen LogP contribution in [0.2, 0.25) is 5.02 Å². The molecule has 0 aliphatic heterocycles. The lowest BCUT2D eigenvalue weighted by atomic mass is 10.1. The summed E-state index contributed by atoms with van der Waals surface area (Å²) < 4.78 is 39.5. The van der Waals surface area contributed by atoms with Crippen LogP contribution >= 0.6 is 23.4 Å². The highest BCUT2D eigenvalue weighted by Crippen LogP contribution is 2.32. The van der Waals surface area contributed by atoms with Crippen molar-refractivity contribution in [3.8, 4) is 5.69 Å². The summed E-state index contributed by atoms with van der Waals surface area (Å²) in [6, 6.07) is 6.48. The molecule has 3 rings (SSSR count). The number of aromatic nitrogens is 5. The summed E-state index contributed by atoms with van der Waals surface area (Å²) in [4.78, 5) is 15.7. The highest BCUT2D eigenvalue weighted by molar-refractivity contribution is 7.99. The summed E-state index contributed by atoms with van der Waals surface area (Å²) in [6.07, 6.45) is -3.96. The maximum atomic E-state index is 12.7. The van der Waals surface area contributed by atoms with E-state index in [0.29, 0.717) is 17.4 Å². The minimum Gasteiger partial charge on any atom is -0.309 e. The Morgan fingerprint density at radius 3 is 2.69 bits per heavy atom. The number of aryl methyl sites for hydroxylation is 2. The van der Waals surface area contributed by atoms with E-state index in [4.69, 9.17) is 11.6 Å². The molecule has 0 bridgehead atoms. The maximum Gasteiger partial charge on any atom is 0.417 e. The molecule has 12 heteroatoms. The van der Waals surface area contributed by atoms with Crippen LogP contribution in [0.4, 0.5) is 19.0 Å². The van der Waals surface area contributed by atoms with E-state index < -0.39 is 17.6 Å². The van der Waals surface area contributed by atoms with Crippen LogP contribution in [-0.4, -0.2) is 36.9 Å². The zero-order chi connectivity index (χ0) is 21.2. The topological polar surface area (TPSA) is 85.6 Å². The summed E-state index contributed by atoms with van der Waals surface area (Å²) in [6.45, 7) is 3.89. The Kier molecular flexibility index (Phi) is 6.08. The number of tetrazole rings is 1. The molecule has 0 saturated heterocycles. The van der Waals surface area contributed by atoms with Crippen molar-refractivity contribution in [1.29, 1.82) is 0 Å². The van der Waals surface area contributed by atoms with Gasteiger partial charge < -0.3 is 5.32 Å². The fourth-order valence-corrected chi connectivity index (χ4v) is 3.34. The Bertz CT molecular complexity index is 1060. The first kappa shape index (κ1) is 21.1. The van der Waals surface area contributed by atoms with Gasteiger partial charge in [-0.3, -0.25) is 4.79 Å². The smallest absolute Gasteiger partial charge is 0.309 e. The number of nitrogens with zero attached hydrogens (tertiary/aromatic N) is 5. The van der Waals surface area contributed by atoms with Crippen molar-refractivity contribution < 1.29 is 18.0 Å². The summed E-state index contributed by atoms with van der Waals surface area (Å²) in [7, 11) is 0. The van der Waals surface area contributed by atoms with Crippen LogP contribution < -0.4 is 5.32 Å². The molecule has 2 aromatic heterocycles. The minimum absolute atomic E-state index is 0.0929. The molecule has 0 aliphatic rings. The van der Waals surface area contributed by atoms with E-state index in [2.05, 4.69) is 25.8 Å². The lowest BCUT2D eigenvalue weighted by Gasteiger charge is -2.10. The number of halogens is 4. The van der Waals surface area contributed by atoms with Gasteiger partial charge in [-0.2, -0.15) is 17.9 Å². The molecule has 0 saturated carbocycles. The van der Waals surface area contributed by atoms with Gasteiger partial charge in [0.05, 0.1) is 22.0 Å². The fourth-order valence-electron chi connectivity index (χ4n) is 2.45. The van der Waals surface area contributed by atoms with E-state index in [9.17, 15) is 18.0 Å². The van der Waals surface area contributed by atoms with E-state index in [1.165, 1.54) is 4.68 Å². The van der Waals surface area contributed by atoms with E-state index in [1.54, 1.807) is 0 Å². The quantitative estimate of drug-likeness (QED) is 0.599. The van der Waals surface area contributed by atoms with Gasteiger partial charge in [-0.15, -0.1) is 5.10 Å². The second-order valence-electron chi connectivity index (χ2n) is 6.05. The predicted octanol–water partition coefficient (Wildman–Crippen LogP) is 4.08. The zero-order valence-corrected chi connectivity index (χ0v) is 16.7. The number of carbonyl (C=O) groups is 1. The van der Waals surface area contributed by atoms with Gasteiger partial charge in [0.1, 0.15) is 0 Å². The first-order valence-corrected chi connectivity index (χ1v) is 9.53. The maximum absolute atomic E-state index is 12.7. The van der Waals surface area contributed by atoms with Gasteiger partial charge in [0.2, 0.25) is 11.1 Å². The number of benzene rings is 1. The zero-order valence-electron chi connectivity index (χ0n) is 15.2. The molecule has 0 radical (unpaired) electrons. The van der Waals surface area contributed by atoms with Gasteiger partial charge in [0.15, 0.2) is 5.82 Å². The first-order valence-electron chi connectivity index (χ1n) is 8.16.